The van der Waals surface area contributed by atoms with Gasteiger partial charge in [-0.15, -0.1) is 0 Å². The Bertz CT molecular complexity index is 932. The number of carbonyl (C=O) groups excluding carboxylic acids is 1. The number of nitrogens with zero attached hydrogens (tertiary/aromatic N) is 1. The van der Waals surface area contributed by atoms with E-state index in [0.717, 1.165) is 20.6 Å². The van der Waals surface area contributed by atoms with Crippen LogP contribution in [0.5, 0.6) is 11.5 Å². The normalized spacial score (nSPS) is 12.2. The van der Waals surface area contributed by atoms with E-state index in [1.165, 1.54) is 0 Å². The van der Waals surface area contributed by atoms with E-state index in [-0.39, 0.29) is 6.54 Å². The van der Waals surface area contributed by atoms with E-state index in [2.05, 4.69) is 21.2 Å². The van der Waals surface area contributed by atoms with Gasteiger partial charge in [0.2, 0.25) is 15.9 Å². The molecule has 9 heteroatoms. The van der Waals surface area contributed by atoms with Crippen LogP contribution in [0.4, 0.5) is 5.69 Å². The van der Waals surface area contributed by atoms with E-state index in [4.69, 9.17) is 9.47 Å². The molecule has 0 aromatic heterocycles. The monoisotopic (exact) mass is 470 g/mol. The number of methoxy groups -OCH3 is 2. The Morgan fingerprint density at radius 3 is 2.32 bits per heavy atom. The maximum absolute atomic E-state index is 12.6. The minimum atomic E-state index is -3.64. The summed E-state index contributed by atoms with van der Waals surface area (Å²) in [6.07, 6.45) is 1.07. The molecular weight excluding hydrogens is 448 g/mol. The molecule has 2 aromatic carbocycles. The van der Waals surface area contributed by atoms with Gasteiger partial charge in [0, 0.05) is 10.0 Å². The fourth-order valence-corrected chi connectivity index (χ4v) is 3.80. The lowest BCUT2D eigenvalue weighted by Gasteiger charge is -2.24. The molecule has 0 aliphatic heterocycles. The van der Waals surface area contributed by atoms with Crippen molar-refractivity contribution in [1.82, 2.24) is 5.32 Å². The van der Waals surface area contributed by atoms with E-state index in [1.807, 2.05) is 0 Å². The van der Waals surface area contributed by atoms with Crippen molar-refractivity contribution < 1.29 is 22.7 Å². The number of ether oxygens (including phenoxy) is 2. The van der Waals surface area contributed by atoms with Crippen molar-refractivity contribution in [3.8, 4) is 11.5 Å². The summed E-state index contributed by atoms with van der Waals surface area (Å²) >= 11 is 3.31. The van der Waals surface area contributed by atoms with Crippen LogP contribution >= 0.6 is 15.9 Å². The number of hydrogen-bond acceptors (Lipinski definition) is 5. The van der Waals surface area contributed by atoms with Gasteiger partial charge in [0.25, 0.3) is 0 Å². The first kappa shape index (κ1) is 22.0. The van der Waals surface area contributed by atoms with Crippen LogP contribution in [0.25, 0.3) is 0 Å². The zero-order valence-corrected chi connectivity index (χ0v) is 18.5. The van der Waals surface area contributed by atoms with Crippen LogP contribution in [0, 0.1) is 0 Å². The van der Waals surface area contributed by atoms with E-state index < -0.39 is 22.0 Å². The van der Waals surface area contributed by atoms with Gasteiger partial charge >= 0.3 is 0 Å². The second-order valence-electron chi connectivity index (χ2n) is 6.14. The van der Waals surface area contributed by atoms with Crippen LogP contribution in [-0.4, -0.2) is 41.3 Å². The lowest BCUT2D eigenvalue weighted by molar-refractivity contribution is -0.120. The van der Waals surface area contributed by atoms with Gasteiger partial charge in [-0.2, -0.15) is 0 Å². The first-order valence-electron chi connectivity index (χ1n) is 8.40. The maximum Gasteiger partial charge on any atom is 0.241 e. The van der Waals surface area contributed by atoms with Crippen LogP contribution in [0.15, 0.2) is 46.9 Å². The van der Waals surface area contributed by atoms with Gasteiger partial charge in [-0.25, -0.2) is 8.42 Å². The quantitative estimate of drug-likeness (QED) is 0.640. The molecule has 0 radical (unpaired) electrons. The minimum Gasteiger partial charge on any atom is -0.497 e. The Kier molecular flexibility index (Phi) is 7.31. The van der Waals surface area contributed by atoms with Crippen molar-refractivity contribution in [2.75, 3.05) is 31.3 Å². The molecule has 0 aliphatic carbocycles. The second kappa shape index (κ2) is 9.29. The molecule has 0 spiro atoms. The molecule has 1 N–H and O–H groups in total. The van der Waals surface area contributed by atoms with Gasteiger partial charge in [0.1, 0.15) is 18.0 Å². The van der Waals surface area contributed by atoms with Gasteiger partial charge in [0.15, 0.2) is 0 Å². The van der Waals surface area contributed by atoms with Crippen molar-refractivity contribution in [2.45, 2.75) is 13.0 Å². The molecule has 1 atom stereocenters. The number of benzene rings is 2. The minimum absolute atomic E-state index is 0.336. The summed E-state index contributed by atoms with van der Waals surface area (Å²) in [5.74, 6) is 0.789. The number of amides is 1. The van der Waals surface area contributed by atoms with Crippen molar-refractivity contribution in [3.63, 3.8) is 0 Å². The summed E-state index contributed by atoms with van der Waals surface area (Å²) in [6, 6.07) is 11.6. The molecule has 0 saturated carbocycles. The second-order valence-corrected chi connectivity index (χ2v) is 8.97. The fraction of sp³-hybridized carbons (Fsp3) is 0.316. The lowest BCUT2D eigenvalue weighted by Crippen LogP contribution is -2.41. The third-order valence-corrected chi connectivity index (χ3v) is 5.75. The standard InChI is InChI=1S/C19H23BrN2O5S/c1-13(17-11-16(26-2)9-10-18(17)27-3)21-19(23)12-22(28(4,24)25)15-7-5-14(20)6-8-15/h5-11,13H,12H2,1-4H3,(H,21,23). The molecule has 7 nitrogen and oxygen atoms in total. The predicted molar refractivity (Wildman–Crippen MR) is 112 cm³/mol. The Morgan fingerprint density at radius 1 is 1.14 bits per heavy atom. The zero-order chi connectivity index (χ0) is 20.9. The highest BCUT2D eigenvalue weighted by Gasteiger charge is 2.23. The van der Waals surface area contributed by atoms with Crippen LogP contribution < -0.4 is 19.1 Å². The Labute approximate surface area is 173 Å². The van der Waals surface area contributed by atoms with Crippen LogP contribution in [0.1, 0.15) is 18.5 Å². The smallest absolute Gasteiger partial charge is 0.241 e. The molecule has 2 rings (SSSR count). The lowest BCUT2D eigenvalue weighted by atomic mass is 10.1. The first-order chi connectivity index (χ1) is 13.2. The topological polar surface area (TPSA) is 84.9 Å². The SMILES string of the molecule is COc1ccc(OC)c(C(C)NC(=O)CN(c2ccc(Br)cc2)S(C)(=O)=O)c1. The average Bonchev–Trinajstić information content (AvgIpc) is 2.65. The van der Waals surface area contributed by atoms with Crippen molar-refractivity contribution in [2.24, 2.45) is 0 Å². The van der Waals surface area contributed by atoms with E-state index >= 15 is 0 Å². The molecule has 0 heterocycles. The van der Waals surface area contributed by atoms with Gasteiger partial charge < -0.3 is 14.8 Å². The summed E-state index contributed by atoms with van der Waals surface area (Å²) < 4.78 is 36.8. The molecule has 0 aliphatic rings. The highest BCUT2D eigenvalue weighted by atomic mass is 79.9. The van der Waals surface area contributed by atoms with Crippen LogP contribution in [0.3, 0.4) is 0 Å². The average molecular weight is 471 g/mol. The Morgan fingerprint density at radius 2 is 1.79 bits per heavy atom. The molecule has 1 unspecified atom stereocenters. The zero-order valence-electron chi connectivity index (χ0n) is 16.1. The highest BCUT2D eigenvalue weighted by Crippen LogP contribution is 2.29. The number of halogens is 1. The summed E-state index contributed by atoms with van der Waals surface area (Å²) in [6.45, 7) is 1.46. The van der Waals surface area contributed by atoms with E-state index in [0.29, 0.717) is 17.2 Å². The molecule has 2 aromatic rings. The number of sulfonamides is 1. The third-order valence-electron chi connectivity index (χ3n) is 4.08. The molecule has 1 amide bonds. The van der Waals surface area contributed by atoms with Gasteiger partial charge in [-0.3, -0.25) is 9.10 Å². The molecule has 0 bridgehead atoms. The third kappa shape index (κ3) is 5.62. The van der Waals surface area contributed by atoms with Gasteiger partial charge in [0.05, 0.1) is 32.2 Å². The van der Waals surface area contributed by atoms with Gasteiger partial charge in [-0.1, -0.05) is 15.9 Å². The molecule has 152 valence electrons. The number of hydrogen-bond donors (Lipinski definition) is 1. The van der Waals surface area contributed by atoms with E-state index in [9.17, 15) is 13.2 Å². The molecular formula is C19H23BrN2O5S. The number of carbonyl (C=O) groups is 1. The predicted octanol–water partition coefficient (Wildman–Crippen LogP) is 3.11. The Balaban J connectivity index is 2.20. The summed E-state index contributed by atoms with van der Waals surface area (Å²) in [7, 11) is -0.544. The number of nitrogens with one attached hydrogen (secondary N) is 1. The van der Waals surface area contributed by atoms with Crippen molar-refractivity contribution >= 4 is 37.5 Å². The van der Waals surface area contributed by atoms with Crippen LogP contribution in [-0.2, 0) is 14.8 Å². The highest BCUT2D eigenvalue weighted by molar-refractivity contribution is 9.10. The summed E-state index contributed by atoms with van der Waals surface area (Å²) in [4.78, 5) is 12.6. The largest absolute Gasteiger partial charge is 0.497 e. The maximum atomic E-state index is 12.6. The Hall–Kier alpha value is -2.26. The summed E-state index contributed by atoms with van der Waals surface area (Å²) in [5.41, 5.74) is 1.14. The summed E-state index contributed by atoms with van der Waals surface area (Å²) in [5, 5.41) is 2.82. The number of anilines is 1. The van der Waals surface area contributed by atoms with Crippen molar-refractivity contribution in [3.05, 3.63) is 52.5 Å². The van der Waals surface area contributed by atoms with E-state index in [1.54, 1.807) is 63.6 Å². The molecule has 28 heavy (non-hydrogen) atoms. The van der Waals surface area contributed by atoms with Gasteiger partial charge in [-0.05, 0) is 49.4 Å². The molecule has 0 saturated heterocycles. The fourth-order valence-electron chi connectivity index (χ4n) is 2.68. The number of rotatable bonds is 8. The van der Waals surface area contributed by atoms with Crippen LogP contribution in [0.2, 0.25) is 0 Å². The first-order valence-corrected chi connectivity index (χ1v) is 11.0. The molecule has 0 fully saturated rings. The van der Waals surface area contributed by atoms with Crippen molar-refractivity contribution in [1.29, 1.82) is 0 Å².